The van der Waals surface area contributed by atoms with Crippen LogP contribution in [0.2, 0.25) is 0 Å². The Morgan fingerprint density at radius 2 is 2.21 bits per heavy atom. The quantitative estimate of drug-likeness (QED) is 0.810. The van der Waals surface area contributed by atoms with Gasteiger partial charge in [0, 0.05) is 11.6 Å². The summed E-state index contributed by atoms with van der Waals surface area (Å²) in [4.78, 5) is 0. The molecule has 0 amide bonds. The second-order valence-corrected chi connectivity index (χ2v) is 3.37. The molecule has 2 rings (SSSR count). The standard InChI is InChI=1S/C11H13NO2/c1-8-10(3-5-14-8)11(12)6-9-2-4-13-7-9/h2-5,7,11H,6,12H2,1H3. The van der Waals surface area contributed by atoms with E-state index in [0.29, 0.717) is 0 Å². The fourth-order valence-electron chi connectivity index (χ4n) is 1.55. The third-order valence-electron chi connectivity index (χ3n) is 2.33. The van der Waals surface area contributed by atoms with Crippen molar-refractivity contribution in [2.75, 3.05) is 0 Å². The van der Waals surface area contributed by atoms with Crippen molar-refractivity contribution in [1.29, 1.82) is 0 Å². The van der Waals surface area contributed by atoms with Crippen LogP contribution in [-0.2, 0) is 6.42 Å². The summed E-state index contributed by atoms with van der Waals surface area (Å²) in [6.07, 6.45) is 5.82. The van der Waals surface area contributed by atoms with Crippen LogP contribution in [0.5, 0.6) is 0 Å². The van der Waals surface area contributed by atoms with Gasteiger partial charge in [-0.1, -0.05) is 0 Å². The van der Waals surface area contributed by atoms with Crippen LogP contribution in [0.15, 0.2) is 39.8 Å². The summed E-state index contributed by atoms with van der Waals surface area (Å²) in [5, 5.41) is 0. The van der Waals surface area contributed by atoms with Crippen molar-refractivity contribution < 1.29 is 8.83 Å². The van der Waals surface area contributed by atoms with Gasteiger partial charge in [-0.3, -0.25) is 0 Å². The van der Waals surface area contributed by atoms with Crippen molar-refractivity contribution in [3.63, 3.8) is 0 Å². The number of furan rings is 2. The van der Waals surface area contributed by atoms with E-state index in [1.54, 1.807) is 18.8 Å². The van der Waals surface area contributed by atoms with E-state index in [9.17, 15) is 0 Å². The maximum atomic E-state index is 6.03. The molecule has 2 aromatic heterocycles. The minimum Gasteiger partial charge on any atom is -0.472 e. The first-order valence-electron chi connectivity index (χ1n) is 4.58. The van der Waals surface area contributed by atoms with Gasteiger partial charge < -0.3 is 14.6 Å². The predicted octanol–water partition coefficient (Wildman–Crippen LogP) is 2.42. The Morgan fingerprint density at radius 3 is 2.79 bits per heavy atom. The van der Waals surface area contributed by atoms with Gasteiger partial charge in [-0.25, -0.2) is 0 Å². The highest BCUT2D eigenvalue weighted by Gasteiger charge is 2.12. The van der Waals surface area contributed by atoms with Gasteiger partial charge in [0.05, 0.1) is 18.8 Å². The minimum absolute atomic E-state index is 0.0219. The maximum absolute atomic E-state index is 6.03. The summed E-state index contributed by atoms with van der Waals surface area (Å²) < 4.78 is 10.2. The maximum Gasteiger partial charge on any atom is 0.105 e. The summed E-state index contributed by atoms with van der Waals surface area (Å²) in [6.45, 7) is 1.92. The molecule has 0 aliphatic heterocycles. The molecule has 2 heterocycles. The fourth-order valence-corrected chi connectivity index (χ4v) is 1.55. The normalized spacial score (nSPS) is 13.0. The summed E-state index contributed by atoms with van der Waals surface area (Å²) in [6, 6.07) is 3.82. The first-order valence-corrected chi connectivity index (χ1v) is 4.58. The molecule has 1 atom stereocenters. The van der Waals surface area contributed by atoms with E-state index in [2.05, 4.69) is 0 Å². The van der Waals surface area contributed by atoms with Crippen LogP contribution >= 0.6 is 0 Å². The second kappa shape index (κ2) is 3.72. The van der Waals surface area contributed by atoms with Gasteiger partial charge in [-0.05, 0) is 31.0 Å². The molecule has 1 unspecified atom stereocenters. The van der Waals surface area contributed by atoms with Crippen molar-refractivity contribution in [3.8, 4) is 0 Å². The molecule has 0 bridgehead atoms. The van der Waals surface area contributed by atoms with Crippen molar-refractivity contribution in [2.45, 2.75) is 19.4 Å². The summed E-state index contributed by atoms with van der Waals surface area (Å²) in [5.41, 5.74) is 8.20. The van der Waals surface area contributed by atoms with Crippen molar-refractivity contribution in [1.82, 2.24) is 0 Å². The molecule has 2 aromatic rings. The average Bonchev–Trinajstić information content (AvgIpc) is 2.75. The predicted molar refractivity (Wildman–Crippen MR) is 52.8 cm³/mol. The lowest BCUT2D eigenvalue weighted by Crippen LogP contribution is -2.13. The zero-order valence-corrected chi connectivity index (χ0v) is 8.07. The molecule has 3 nitrogen and oxygen atoms in total. The van der Waals surface area contributed by atoms with Crippen molar-refractivity contribution in [2.24, 2.45) is 5.73 Å². The zero-order valence-electron chi connectivity index (χ0n) is 8.07. The van der Waals surface area contributed by atoms with Gasteiger partial charge in [0.1, 0.15) is 5.76 Å². The molecule has 0 saturated carbocycles. The van der Waals surface area contributed by atoms with Gasteiger partial charge in [0.15, 0.2) is 0 Å². The highest BCUT2D eigenvalue weighted by molar-refractivity contribution is 5.22. The molecule has 0 aliphatic carbocycles. The van der Waals surface area contributed by atoms with Crippen LogP contribution in [0.25, 0.3) is 0 Å². The Balaban J connectivity index is 2.10. The van der Waals surface area contributed by atoms with Crippen molar-refractivity contribution in [3.05, 3.63) is 47.8 Å². The molecule has 74 valence electrons. The van der Waals surface area contributed by atoms with E-state index in [1.165, 1.54) is 0 Å². The zero-order chi connectivity index (χ0) is 9.97. The smallest absolute Gasteiger partial charge is 0.105 e. The minimum atomic E-state index is -0.0219. The van der Waals surface area contributed by atoms with E-state index in [1.807, 2.05) is 19.1 Å². The molecule has 0 saturated heterocycles. The van der Waals surface area contributed by atoms with Crippen LogP contribution in [-0.4, -0.2) is 0 Å². The number of hydrogen-bond acceptors (Lipinski definition) is 3. The van der Waals surface area contributed by atoms with Crippen LogP contribution in [0, 0.1) is 6.92 Å². The Morgan fingerprint density at radius 1 is 1.36 bits per heavy atom. The lowest BCUT2D eigenvalue weighted by atomic mass is 10.0. The largest absolute Gasteiger partial charge is 0.472 e. The summed E-state index contributed by atoms with van der Waals surface area (Å²) in [7, 11) is 0. The topological polar surface area (TPSA) is 52.3 Å². The van der Waals surface area contributed by atoms with E-state index in [0.717, 1.165) is 23.3 Å². The Hall–Kier alpha value is -1.48. The van der Waals surface area contributed by atoms with E-state index in [-0.39, 0.29) is 6.04 Å². The number of nitrogens with two attached hydrogens (primary N) is 1. The summed E-state index contributed by atoms with van der Waals surface area (Å²) >= 11 is 0. The molecular weight excluding hydrogens is 178 g/mol. The molecule has 2 N–H and O–H groups in total. The number of rotatable bonds is 3. The Kier molecular flexibility index (Phi) is 2.41. The number of aryl methyl sites for hydroxylation is 1. The van der Waals surface area contributed by atoms with Crippen LogP contribution in [0.1, 0.15) is 22.9 Å². The average molecular weight is 191 g/mol. The Labute approximate surface area is 82.5 Å². The van der Waals surface area contributed by atoms with Crippen molar-refractivity contribution >= 4 is 0 Å². The van der Waals surface area contributed by atoms with E-state index >= 15 is 0 Å². The molecule has 0 radical (unpaired) electrons. The number of hydrogen-bond donors (Lipinski definition) is 1. The van der Waals surface area contributed by atoms with Gasteiger partial charge in [-0.2, -0.15) is 0 Å². The molecule has 0 fully saturated rings. The van der Waals surface area contributed by atoms with Crippen LogP contribution in [0.4, 0.5) is 0 Å². The lowest BCUT2D eigenvalue weighted by Gasteiger charge is -2.08. The molecule has 14 heavy (non-hydrogen) atoms. The van der Waals surface area contributed by atoms with Gasteiger partial charge in [-0.15, -0.1) is 0 Å². The highest BCUT2D eigenvalue weighted by atomic mass is 16.3. The lowest BCUT2D eigenvalue weighted by molar-refractivity contribution is 0.523. The van der Waals surface area contributed by atoms with E-state index < -0.39 is 0 Å². The van der Waals surface area contributed by atoms with Crippen LogP contribution in [0.3, 0.4) is 0 Å². The molecule has 3 heteroatoms. The molecule has 0 spiro atoms. The van der Waals surface area contributed by atoms with E-state index in [4.69, 9.17) is 14.6 Å². The molecular formula is C11H13NO2. The third-order valence-corrected chi connectivity index (χ3v) is 2.33. The summed E-state index contributed by atoms with van der Waals surface area (Å²) in [5.74, 6) is 0.890. The second-order valence-electron chi connectivity index (χ2n) is 3.37. The van der Waals surface area contributed by atoms with Gasteiger partial charge in [0.2, 0.25) is 0 Å². The molecule has 0 aliphatic rings. The SMILES string of the molecule is Cc1occc1C(N)Cc1ccoc1. The monoisotopic (exact) mass is 191 g/mol. The fraction of sp³-hybridized carbons (Fsp3) is 0.273. The highest BCUT2D eigenvalue weighted by Crippen LogP contribution is 2.20. The van der Waals surface area contributed by atoms with Gasteiger partial charge >= 0.3 is 0 Å². The van der Waals surface area contributed by atoms with Gasteiger partial charge in [0.25, 0.3) is 0 Å². The molecule has 0 aromatic carbocycles. The van der Waals surface area contributed by atoms with Crippen LogP contribution < -0.4 is 5.73 Å². The Bertz CT molecular complexity index is 389. The third kappa shape index (κ3) is 1.72. The first kappa shape index (κ1) is 9.09. The first-order chi connectivity index (χ1) is 6.77.